The Morgan fingerprint density at radius 1 is 1.10 bits per heavy atom. The maximum absolute atomic E-state index is 13.4. The molecule has 0 bridgehead atoms. The molecule has 1 unspecified atom stereocenters. The largest absolute Gasteiger partial charge is 0.395 e. The summed E-state index contributed by atoms with van der Waals surface area (Å²) >= 11 is 1.72. The molecule has 4 heteroatoms. The predicted octanol–water partition coefficient (Wildman–Crippen LogP) is 3.20. The third kappa shape index (κ3) is 4.06. The van der Waals surface area contributed by atoms with Crippen LogP contribution in [0.1, 0.15) is 12.0 Å². The third-order valence-electron chi connectivity index (χ3n) is 3.72. The van der Waals surface area contributed by atoms with Gasteiger partial charge in [0.1, 0.15) is 5.82 Å². The molecule has 2 aromatic carbocycles. The van der Waals surface area contributed by atoms with Crippen LogP contribution in [0.25, 0.3) is 0 Å². The van der Waals surface area contributed by atoms with E-state index in [0.717, 1.165) is 11.3 Å². The summed E-state index contributed by atoms with van der Waals surface area (Å²) in [5, 5.41) is 9.81. The number of aliphatic hydroxyl groups is 1. The smallest absolute Gasteiger partial charge is 0.123 e. The van der Waals surface area contributed by atoms with E-state index in [1.807, 2.05) is 24.3 Å². The normalized spacial score (nSPS) is 13.9. The minimum absolute atomic E-state index is 0.0810. The summed E-state index contributed by atoms with van der Waals surface area (Å²) in [6.45, 7) is 0.213. The molecule has 2 rings (SSSR count). The molecule has 0 aliphatic carbocycles. The standard InChI is InChI=1S/C17H20FNOS/c18-15-6-4-5-14(11-15)17(12-19,13-20)9-10-21-16-7-2-1-3-8-16/h1-8,11,20H,9-10,12-13,19H2. The summed E-state index contributed by atoms with van der Waals surface area (Å²) in [7, 11) is 0. The Kier molecular flexibility index (Phi) is 5.79. The van der Waals surface area contributed by atoms with Gasteiger partial charge in [-0.25, -0.2) is 4.39 Å². The lowest BCUT2D eigenvalue weighted by molar-refractivity contribution is 0.193. The number of benzene rings is 2. The van der Waals surface area contributed by atoms with E-state index < -0.39 is 5.41 Å². The molecule has 3 N–H and O–H groups in total. The molecule has 0 aliphatic rings. The van der Waals surface area contributed by atoms with Crippen LogP contribution >= 0.6 is 11.8 Å². The molecular weight excluding hydrogens is 285 g/mol. The minimum atomic E-state index is -0.579. The summed E-state index contributed by atoms with van der Waals surface area (Å²) in [6.07, 6.45) is 0.697. The van der Waals surface area contributed by atoms with E-state index in [2.05, 4.69) is 12.1 Å². The summed E-state index contributed by atoms with van der Waals surface area (Å²) in [6, 6.07) is 16.4. The molecule has 112 valence electrons. The molecule has 0 spiro atoms. The zero-order chi connectivity index (χ0) is 15.1. The van der Waals surface area contributed by atoms with Gasteiger partial charge in [-0.05, 0) is 42.0 Å². The van der Waals surface area contributed by atoms with Crippen LogP contribution in [-0.4, -0.2) is 24.0 Å². The van der Waals surface area contributed by atoms with Gasteiger partial charge in [0, 0.05) is 16.9 Å². The van der Waals surface area contributed by atoms with Crippen molar-refractivity contribution in [3.05, 3.63) is 66.0 Å². The average Bonchev–Trinajstić information content (AvgIpc) is 2.53. The highest BCUT2D eigenvalue weighted by molar-refractivity contribution is 7.99. The molecule has 0 amide bonds. The first-order valence-electron chi connectivity index (χ1n) is 6.95. The Bertz CT molecular complexity index is 558. The summed E-state index contributed by atoms with van der Waals surface area (Å²) < 4.78 is 13.4. The topological polar surface area (TPSA) is 46.2 Å². The van der Waals surface area contributed by atoms with Crippen LogP contribution in [0.2, 0.25) is 0 Å². The lowest BCUT2D eigenvalue weighted by Crippen LogP contribution is -2.39. The van der Waals surface area contributed by atoms with Gasteiger partial charge in [-0.3, -0.25) is 0 Å². The quantitative estimate of drug-likeness (QED) is 0.772. The van der Waals surface area contributed by atoms with Crippen molar-refractivity contribution in [2.24, 2.45) is 5.73 Å². The van der Waals surface area contributed by atoms with Crippen LogP contribution in [-0.2, 0) is 5.41 Å². The fraction of sp³-hybridized carbons (Fsp3) is 0.294. The average molecular weight is 305 g/mol. The second kappa shape index (κ2) is 7.59. The van der Waals surface area contributed by atoms with Crippen LogP contribution in [0.3, 0.4) is 0 Å². The Balaban J connectivity index is 2.08. The van der Waals surface area contributed by atoms with Gasteiger partial charge in [-0.1, -0.05) is 30.3 Å². The molecular formula is C17H20FNOS. The first kappa shape index (κ1) is 16.0. The summed E-state index contributed by atoms with van der Waals surface area (Å²) in [5.74, 6) is 0.521. The molecule has 2 aromatic rings. The van der Waals surface area contributed by atoms with E-state index in [1.54, 1.807) is 17.8 Å². The second-order valence-corrected chi connectivity index (χ2v) is 6.23. The predicted molar refractivity (Wildman–Crippen MR) is 86.0 cm³/mol. The van der Waals surface area contributed by atoms with Crippen LogP contribution in [0.5, 0.6) is 0 Å². The Morgan fingerprint density at radius 2 is 1.86 bits per heavy atom. The number of hydrogen-bond donors (Lipinski definition) is 2. The lowest BCUT2D eigenvalue weighted by atomic mass is 9.79. The molecule has 2 nitrogen and oxygen atoms in total. The maximum atomic E-state index is 13.4. The first-order valence-corrected chi connectivity index (χ1v) is 7.93. The zero-order valence-corrected chi connectivity index (χ0v) is 12.7. The molecule has 0 fully saturated rings. The Labute approximate surface area is 129 Å². The maximum Gasteiger partial charge on any atom is 0.123 e. The highest BCUT2D eigenvalue weighted by atomic mass is 32.2. The van der Waals surface area contributed by atoms with Crippen LogP contribution < -0.4 is 5.73 Å². The van der Waals surface area contributed by atoms with Gasteiger partial charge in [-0.15, -0.1) is 11.8 Å². The van der Waals surface area contributed by atoms with Gasteiger partial charge in [0.05, 0.1) is 6.61 Å². The molecule has 0 heterocycles. The molecule has 0 aliphatic heterocycles. The lowest BCUT2D eigenvalue weighted by Gasteiger charge is -2.31. The van der Waals surface area contributed by atoms with Crippen molar-refractivity contribution < 1.29 is 9.50 Å². The molecule has 0 radical (unpaired) electrons. The summed E-state index contributed by atoms with van der Waals surface area (Å²) in [4.78, 5) is 1.18. The van der Waals surface area contributed by atoms with Gasteiger partial charge in [0.15, 0.2) is 0 Å². The van der Waals surface area contributed by atoms with Gasteiger partial charge in [-0.2, -0.15) is 0 Å². The highest BCUT2D eigenvalue weighted by Crippen LogP contribution is 2.30. The minimum Gasteiger partial charge on any atom is -0.395 e. The van der Waals surface area contributed by atoms with E-state index in [1.165, 1.54) is 17.0 Å². The molecule has 1 atom stereocenters. The van der Waals surface area contributed by atoms with Gasteiger partial charge in [0.25, 0.3) is 0 Å². The van der Waals surface area contributed by atoms with Crippen LogP contribution in [0, 0.1) is 5.82 Å². The van der Waals surface area contributed by atoms with E-state index >= 15 is 0 Å². The SMILES string of the molecule is NCC(CO)(CCSc1ccccc1)c1cccc(F)c1. The van der Waals surface area contributed by atoms with Crippen molar-refractivity contribution in [1.82, 2.24) is 0 Å². The van der Waals surface area contributed by atoms with Crippen molar-refractivity contribution >= 4 is 11.8 Å². The molecule has 0 aromatic heterocycles. The van der Waals surface area contributed by atoms with Crippen LogP contribution in [0.15, 0.2) is 59.5 Å². The van der Waals surface area contributed by atoms with E-state index in [-0.39, 0.29) is 12.4 Å². The molecule has 0 saturated heterocycles. The molecule has 21 heavy (non-hydrogen) atoms. The Morgan fingerprint density at radius 3 is 2.48 bits per heavy atom. The van der Waals surface area contributed by atoms with Gasteiger partial charge < -0.3 is 10.8 Å². The second-order valence-electron chi connectivity index (χ2n) is 5.06. The van der Waals surface area contributed by atoms with Crippen molar-refractivity contribution in [2.45, 2.75) is 16.7 Å². The number of halogens is 1. The number of aliphatic hydroxyl groups excluding tert-OH is 1. The van der Waals surface area contributed by atoms with Gasteiger partial charge in [0.2, 0.25) is 0 Å². The fourth-order valence-corrected chi connectivity index (χ4v) is 3.38. The van der Waals surface area contributed by atoms with E-state index in [0.29, 0.717) is 13.0 Å². The Hall–Kier alpha value is -1.36. The zero-order valence-electron chi connectivity index (χ0n) is 11.8. The number of thioether (sulfide) groups is 1. The van der Waals surface area contributed by atoms with Crippen molar-refractivity contribution in [3.63, 3.8) is 0 Å². The number of nitrogens with two attached hydrogens (primary N) is 1. The monoisotopic (exact) mass is 305 g/mol. The summed E-state index contributed by atoms with van der Waals surface area (Å²) in [5.41, 5.74) is 6.07. The van der Waals surface area contributed by atoms with Crippen LogP contribution in [0.4, 0.5) is 4.39 Å². The van der Waals surface area contributed by atoms with Gasteiger partial charge >= 0.3 is 0 Å². The fourth-order valence-electron chi connectivity index (χ4n) is 2.30. The highest BCUT2D eigenvalue weighted by Gasteiger charge is 2.30. The van der Waals surface area contributed by atoms with Crippen molar-refractivity contribution in [3.8, 4) is 0 Å². The number of rotatable bonds is 7. The van der Waals surface area contributed by atoms with E-state index in [4.69, 9.17) is 5.73 Å². The molecule has 0 saturated carbocycles. The van der Waals surface area contributed by atoms with E-state index in [9.17, 15) is 9.50 Å². The first-order chi connectivity index (χ1) is 10.2. The van der Waals surface area contributed by atoms with Crippen molar-refractivity contribution in [1.29, 1.82) is 0 Å². The third-order valence-corrected chi connectivity index (χ3v) is 4.74. The van der Waals surface area contributed by atoms with Crippen molar-refractivity contribution in [2.75, 3.05) is 18.9 Å². The number of hydrogen-bond acceptors (Lipinski definition) is 3.